The molecule has 0 spiro atoms. The summed E-state index contributed by atoms with van der Waals surface area (Å²) in [4.78, 5) is 31.2. The predicted octanol–water partition coefficient (Wildman–Crippen LogP) is 0.666. The zero-order chi connectivity index (χ0) is 22.1. The lowest BCUT2D eigenvalue weighted by atomic mass is 10.1. The average Bonchev–Trinajstić information content (AvgIpc) is 2.82. The molecule has 1 amide bonds. The van der Waals surface area contributed by atoms with E-state index in [0.717, 1.165) is 56.7 Å². The Kier molecular flexibility index (Phi) is 8.17. The van der Waals surface area contributed by atoms with Crippen LogP contribution in [0.25, 0.3) is 0 Å². The number of carbonyl (C=O) groups excluding carboxylic acids is 1. The van der Waals surface area contributed by atoms with Gasteiger partial charge in [-0.15, -0.1) is 0 Å². The van der Waals surface area contributed by atoms with E-state index >= 15 is 0 Å². The summed E-state index contributed by atoms with van der Waals surface area (Å²) in [6, 6.07) is 9.48. The molecule has 1 aliphatic rings. The molecule has 2 aromatic rings. The van der Waals surface area contributed by atoms with E-state index in [0.29, 0.717) is 12.1 Å². The van der Waals surface area contributed by atoms with Gasteiger partial charge >= 0.3 is 0 Å². The Morgan fingerprint density at radius 1 is 1.06 bits per heavy atom. The smallest absolute Gasteiger partial charge is 0.253 e. The van der Waals surface area contributed by atoms with Gasteiger partial charge in [0, 0.05) is 84.9 Å². The van der Waals surface area contributed by atoms with Crippen LogP contribution < -0.4 is 15.5 Å². The number of hydrogen-bond acceptors (Lipinski definition) is 6. The number of piperazine rings is 1. The number of aliphatic imine (C=N–C) groups is 1. The number of amides is 1. The summed E-state index contributed by atoms with van der Waals surface area (Å²) in [6.45, 7) is 6.26. The minimum Gasteiger partial charge on any atom is -0.355 e. The van der Waals surface area contributed by atoms with Gasteiger partial charge in [-0.25, -0.2) is 9.97 Å². The number of hydrogen-bond donors (Lipinski definition) is 2. The van der Waals surface area contributed by atoms with Gasteiger partial charge in [-0.3, -0.25) is 14.7 Å². The SMILES string of the molecule is CN=C(NCCN1CCN(c2ncccn2)CC1)NCc1ccc(C(=O)N(C)C)cc1. The van der Waals surface area contributed by atoms with Crippen LogP contribution in [0.15, 0.2) is 47.7 Å². The molecule has 31 heavy (non-hydrogen) atoms. The maximum Gasteiger partial charge on any atom is 0.253 e. The van der Waals surface area contributed by atoms with Crippen molar-refractivity contribution in [3.8, 4) is 0 Å². The molecular formula is C22H32N8O. The van der Waals surface area contributed by atoms with Crippen molar-refractivity contribution < 1.29 is 4.79 Å². The lowest BCUT2D eigenvalue weighted by molar-refractivity contribution is 0.0827. The minimum atomic E-state index is 0.00844. The van der Waals surface area contributed by atoms with Gasteiger partial charge in [-0.1, -0.05) is 12.1 Å². The minimum absolute atomic E-state index is 0.00844. The molecule has 0 radical (unpaired) electrons. The van der Waals surface area contributed by atoms with Crippen molar-refractivity contribution in [3.63, 3.8) is 0 Å². The summed E-state index contributed by atoms with van der Waals surface area (Å²) < 4.78 is 0. The molecule has 0 atom stereocenters. The van der Waals surface area contributed by atoms with Gasteiger partial charge in [0.15, 0.2) is 5.96 Å². The average molecular weight is 425 g/mol. The fraction of sp³-hybridized carbons (Fsp3) is 0.455. The first kappa shape index (κ1) is 22.5. The molecule has 0 saturated carbocycles. The second-order valence-electron chi connectivity index (χ2n) is 7.63. The van der Waals surface area contributed by atoms with E-state index in [2.05, 4.69) is 35.4 Å². The monoisotopic (exact) mass is 424 g/mol. The zero-order valence-corrected chi connectivity index (χ0v) is 18.6. The topological polar surface area (TPSA) is 89.0 Å². The maximum absolute atomic E-state index is 12.0. The third kappa shape index (κ3) is 6.65. The highest BCUT2D eigenvalue weighted by atomic mass is 16.2. The lowest BCUT2D eigenvalue weighted by Crippen LogP contribution is -2.49. The molecule has 9 heteroatoms. The summed E-state index contributed by atoms with van der Waals surface area (Å²) in [5, 5.41) is 6.70. The molecule has 1 fully saturated rings. The van der Waals surface area contributed by atoms with Crippen LogP contribution in [0.3, 0.4) is 0 Å². The lowest BCUT2D eigenvalue weighted by Gasteiger charge is -2.34. The van der Waals surface area contributed by atoms with Crippen LogP contribution in [-0.2, 0) is 6.54 Å². The Bertz CT molecular complexity index is 846. The van der Waals surface area contributed by atoms with Crippen molar-refractivity contribution in [2.45, 2.75) is 6.54 Å². The van der Waals surface area contributed by atoms with Crippen molar-refractivity contribution in [3.05, 3.63) is 53.9 Å². The number of benzene rings is 1. The fourth-order valence-corrected chi connectivity index (χ4v) is 3.39. The van der Waals surface area contributed by atoms with Crippen LogP contribution in [0.5, 0.6) is 0 Å². The highest BCUT2D eigenvalue weighted by Gasteiger charge is 2.18. The predicted molar refractivity (Wildman–Crippen MR) is 123 cm³/mol. The van der Waals surface area contributed by atoms with Crippen LogP contribution in [0, 0.1) is 0 Å². The molecule has 1 aromatic heterocycles. The Morgan fingerprint density at radius 3 is 2.35 bits per heavy atom. The molecule has 2 N–H and O–H groups in total. The largest absolute Gasteiger partial charge is 0.355 e. The van der Waals surface area contributed by atoms with E-state index in [1.807, 2.05) is 30.3 Å². The molecule has 9 nitrogen and oxygen atoms in total. The summed E-state index contributed by atoms with van der Waals surface area (Å²) >= 11 is 0. The number of nitrogens with zero attached hydrogens (tertiary/aromatic N) is 6. The number of nitrogens with one attached hydrogen (secondary N) is 2. The summed E-state index contributed by atoms with van der Waals surface area (Å²) in [5.74, 6) is 1.59. The van der Waals surface area contributed by atoms with Crippen molar-refractivity contribution in [2.24, 2.45) is 4.99 Å². The Morgan fingerprint density at radius 2 is 1.74 bits per heavy atom. The van der Waals surface area contributed by atoms with E-state index in [4.69, 9.17) is 0 Å². The van der Waals surface area contributed by atoms with Crippen LogP contribution in [0.2, 0.25) is 0 Å². The summed E-state index contributed by atoms with van der Waals surface area (Å²) in [7, 11) is 5.28. The van der Waals surface area contributed by atoms with Gasteiger partial charge in [0.25, 0.3) is 5.91 Å². The molecule has 2 heterocycles. The third-order valence-electron chi connectivity index (χ3n) is 5.22. The molecule has 3 rings (SSSR count). The number of carbonyl (C=O) groups is 1. The van der Waals surface area contributed by atoms with E-state index < -0.39 is 0 Å². The second-order valence-corrected chi connectivity index (χ2v) is 7.63. The van der Waals surface area contributed by atoms with E-state index in [9.17, 15) is 4.79 Å². The first-order valence-corrected chi connectivity index (χ1v) is 10.6. The number of guanidine groups is 1. The van der Waals surface area contributed by atoms with Gasteiger partial charge < -0.3 is 20.4 Å². The first-order valence-electron chi connectivity index (χ1n) is 10.6. The van der Waals surface area contributed by atoms with Crippen LogP contribution >= 0.6 is 0 Å². The van der Waals surface area contributed by atoms with Crippen molar-refractivity contribution in [2.75, 3.05) is 65.3 Å². The molecule has 166 valence electrons. The molecule has 0 unspecified atom stereocenters. The standard InChI is InChI=1S/C22H32N8O/c1-23-21(27-17-18-5-7-19(8-6-18)20(31)28(2)3)24-11-12-29-13-15-30(16-14-29)22-25-9-4-10-26-22/h4-10H,11-17H2,1-3H3,(H2,23,24,27). The summed E-state index contributed by atoms with van der Waals surface area (Å²) in [5.41, 5.74) is 1.78. The Labute approximate surface area is 184 Å². The second kappa shape index (κ2) is 11.3. The van der Waals surface area contributed by atoms with Crippen molar-refractivity contribution >= 4 is 17.8 Å². The number of anilines is 1. The molecule has 1 saturated heterocycles. The zero-order valence-electron chi connectivity index (χ0n) is 18.6. The molecule has 0 aliphatic carbocycles. The quantitative estimate of drug-likeness (QED) is 0.499. The van der Waals surface area contributed by atoms with E-state index in [1.165, 1.54) is 0 Å². The number of rotatable bonds is 7. The van der Waals surface area contributed by atoms with E-state index in [-0.39, 0.29) is 5.91 Å². The molecule has 0 bridgehead atoms. The normalized spacial score (nSPS) is 14.9. The van der Waals surface area contributed by atoms with Crippen molar-refractivity contribution in [1.29, 1.82) is 0 Å². The number of aromatic nitrogens is 2. The molecule has 1 aromatic carbocycles. The Balaban J connectivity index is 1.36. The van der Waals surface area contributed by atoms with Crippen molar-refractivity contribution in [1.82, 2.24) is 30.4 Å². The van der Waals surface area contributed by atoms with Crippen LogP contribution in [0.4, 0.5) is 5.95 Å². The molecular weight excluding hydrogens is 392 g/mol. The highest BCUT2D eigenvalue weighted by molar-refractivity contribution is 5.93. The fourth-order valence-electron chi connectivity index (χ4n) is 3.39. The van der Waals surface area contributed by atoms with Gasteiger partial charge in [0.05, 0.1) is 0 Å². The van der Waals surface area contributed by atoms with Gasteiger partial charge in [-0.2, -0.15) is 0 Å². The maximum atomic E-state index is 12.0. The third-order valence-corrected chi connectivity index (χ3v) is 5.22. The van der Waals surface area contributed by atoms with E-state index in [1.54, 1.807) is 38.4 Å². The Hall–Kier alpha value is -3.20. The van der Waals surface area contributed by atoms with Gasteiger partial charge in [0.2, 0.25) is 5.95 Å². The van der Waals surface area contributed by atoms with Crippen LogP contribution in [0.1, 0.15) is 15.9 Å². The summed E-state index contributed by atoms with van der Waals surface area (Å²) in [6.07, 6.45) is 3.57. The van der Waals surface area contributed by atoms with Crippen LogP contribution in [-0.4, -0.2) is 92.0 Å². The van der Waals surface area contributed by atoms with Gasteiger partial charge in [0.1, 0.15) is 0 Å². The van der Waals surface area contributed by atoms with Gasteiger partial charge in [-0.05, 0) is 23.8 Å². The highest BCUT2D eigenvalue weighted by Crippen LogP contribution is 2.09. The molecule has 1 aliphatic heterocycles. The first-order chi connectivity index (χ1) is 15.1.